The van der Waals surface area contributed by atoms with E-state index in [1.807, 2.05) is 24.7 Å². The van der Waals surface area contributed by atoms with Crippen molar-refractivity contribution in [3.8, 4) is 0 Å². The molecule has 108 valence electrons. The maximum Gasteiger partial charge on any atom is 0.325 e. The fraction of sp³-hybridized carbons (Fsp3) is 0.692. The minimum Gasteiger partial charge on any atom is -0.468 e. The third-order valence-electron chi connectivity index (χ3n) is 3.39. The van der Waals surface area contributed by atoms with Gasteiger partial charge in [-0.25, -0.2) is 0 Å². The highest BCUT2D eigenvalue weighted by Gasteiger charge is 2.31. The van der Waals surface area contributed by atoms with E-state index in [0.29, 0.717) is 5.02 Å². The van der Waals surface area contributed by atoms with Gasteiger partial charge in [0.15, 0.2) is 0 Å². The molecule has 0 aromatic carbocycles. The lowest BCUT2D eigenvalue weighted by Crippen LogP contribution is -2.48. The van der Waals surface area contributed by atoms with Gasteiger partial charge in [-0.05, 0) is 40.2 Å². The van der Waals surface area contributed by atoms with Crippen molar-refractivity contribution in [1.29, 1.82) is 0 Å². The second kappa shape index (κ2) is 6.91. The molecule has 0 spiro atoms. The van der Waals surface area contributed by atoms with Crippen molar-refractivity contribution in [3.63, 3.8) is 0 Å². The summed E-state index contributed by atoms with van der Waals surface area (Å²) in [5.74, 6) is -0.229. The smallest absolute Gasteiger partial charge is 0.325 e. The molecule has 0 aliphatic rings. The van der Waals surface area contributed by atoms with Gasteiger partial charge in [0.05, 0.1) is 17.8 Å². The van der Waals surface area contributed by atoms with E-state index in [1.54, 1.807) is 7.05 Å². The standard InChI is InChI=1S/C13H22ClN3O2/c1-10-11(14)9-17(16-10)8-6-5-7-13(2,15-3)12(18)19-4/h9,15H,5-8H2,1-4H3. The second-order valence-electron chi connectivity index (χ2n) is 4.86. The number of likely N-dealkylation sites (N-methyl/N-ethyl adjacent to an activating group) is 1. The quantitative estimate of drug-likeness (QED) is 0.617. The fourth-order valence-electron chi connectivity index (χ4n) is 1.91. The van der Waals surface area contributed by atoms with E-state index in [-0.39, 0.29) is 5.97 Å². The summed E-state index contributed by atoms with van der Waals surface area (Å²) in [5, 5.41) is 8.01. The Balaban J connectivity index is 2.39. The zero-order valence-electron chi connectivity index (χ0n) is 12.0. The van der Waals surface area contributed by atoms with Gasteiger partial charge in [-0.15, -0.1) is 0 Å². The normalized spacial score (nSPS) is 14.2. The number of aromatic nitrogens is 2. The summed E-state index contributed by atoms with van der Waals surface area (Å²) in [7, 11) is 3.18. The van der Waals surface area contributed by atoms with Gasteiger partial charge in [-0.3, -0.25) is 9.48 Å². The number of halogens is 1. The Hall–Kier alpha value is -1.07. The monoisotopic (exact) mass is 287 g/mol. The topological polar surface area (TPSA) is 56.2 Å². The highest BCUT2D eigenvalue weighted by Crippen LogP contribution is 2.17. The van der Waals surface area contributed by atoms with E-state index in [9.17, 15) is 4.79 Å². The minimum atomic E-state index is -0.619. The van der Waals surface area contributed by atoms with Crippen LogP contribution in [0.3, 0.4) is 0 Å². The van der Waals surface area contributed by atoms with Crippen molar-refractivity contribution in [3.05, 3.63) is 16.9 Å². The first kappa shape index (κ1) is 16.0. The maximum absolute atomic E-state index is 11.7. The van der Waals surface area contributed by atoms with E-state index in [2.05, 4.69) is 10.4 Å². The van der Waals surface area contributed by atoms with Gasteiger partial charge >= 0.3 is 5.97 Å². The molecular weight excluding hydrogens is 266 g/mol. The Kier molecular flexibility index (Phi) is 5.82. The molecule has 0 aliphatic carbocycles. The van der Waals surface area contributed by atoms with Crippen molar-refractivity contribution >= 4 is 17.6 Å². The maximum atomic E-state index is 11.7. The van der Waals surface area contributed by atoms with Crippen molar-refractivity contribution in [1.82, 2.24) is 15.1 Å². The lowest BCUT2D eigenvalue weighted by atomic mass is 9.95. The van der Waals surface area contributed by atoms with Crippen molar-refractivity contribution in [2.24, 2.45) is 0 Å². The third-order valence-corrected chi connectivity index (χ3v) is 3.76. The summed E-state index contributed by atoms with van der Waals surface area (Å²) >= 11 is 5.94. The van der Waals surface area contributed by atoms with Crippen LogP contribution in [-0.2, 0) is 16.1 Å². The number of unbranched alkanes of at least 4 members (excludes halogenated alkanes) is 1. The molecule has 1 rings (SSSR count). The summed E-state index contributed by atoms with van der Waals surface area (Å²) < 4.78 is 6.64. The molecule has 0 fully saturated rings. The van der Waals surface area contributed by atoms with Gasteiger partial charge in [-0.1, -0.05) is 11.6 Å². The molecule has 5 nitrogen and oxygen atoms in total. The molecule has 1 aromatic rings. The summed E-state index contributed by atoms with van der Waals surface area (Å²) in [5.41, 5.74) is 0.225. The summed E-state index contributed by atoms with van der Waals surface area (Å²) in [6.07, 6.45) is 4.40. The van der Waals surface area contributed by atoms with Gasteiger partial charge in [0, 0.05) is 12.7 Å². The Labute approximate surface area is 119 Å². The Morgan fingerprint density at radius 2 is 2.26 bits per heavy atom. The molecular formula is C13H22ClN3O2. The second-order valence-corrected chi connectivity index (χ2v) is 5.26. The number of carbonyl (C=O) groups excluding carboxylic acids is 1. The third kappa shape index (κ3) is 4.21. The molecule has 0 amide bonds. The minimum absolute atomic E-state index is 0.229. The van der Waals surface area contributed by atoms with Crippen LogP contribution >= 0.6 is 11.6 Å². The SMILES string of the molecule is CNC(C)(CCCCn1cc(Cl)c(C)n1)C(=O)OC. The molecule has 0 radical (unpaired) electrons. The Bertz CT molecular complexity index is 414. The largest absolute Gasteiger partial charge is 0.468 e. The van der Waals surface area contributed by atoms with Gasteiger partial charge in [0.25, 0.3) is 0 Å². The lowest BCUT2D eigenvalue weighted by Gasteiger charge is -2.25. The predicted octanol–water partition coefficient (Wildman–Crippen LogP) is 2.17. The number of esters is 1. The number of rotatable bonds is 7. The van der Waals surface area contributed by atoms with Crippen LogP contribution in [0.4, 0.5) is 0 Å². The van der Waals surface area contributed by atoms with Crippen LogP contribution in [0, 0.1) is 6.92 Å². The van der Waals surface area contributed by atoms with Gasteiger partial charge < -0.3 is 10.1 Å². The van der Waals surface area contributed by atoms with E-state index in [4.69, 9.17) is 16.3 Å². The van der Waals surface area contributed by atoms with Crippen LogP contribution in [0.15, 0.2) is 6.20 Å². The van der Waals surface area contributed by atoms with Crippen molar-refractivity contribution in [2.75, 3.05) is 14.2 Å². The van der Waals surface area contributed by atoms with Crippen molar-refractivity contribution < 1.29 is 9.53 Å². The predicted molar refractivity (Wildman–Crippen MR) is 75.3 cm³/mol. The van der Waals surface area contributed by atoms with E-state index >= 15 is 0 Å². The Morgan fingerprint density at radius 1 is 1.58 bits per heavy atom. The highest BCUT2D eigenvalue weighted by molar-refractivity contribution is 6.31. The first-order valence-corrected chi connectivity index (χ1v) is 6.77. The number of ether oxygens (including phenoxy) is 1. The molecule has 0 saturated carbocycles. The number of hydrogen-bond acceptors (Lipinski definition) is 4. The summed E-state index contributed by atoms with van der Waals surface area (Å²) in [6.45, 7) is 4.54. The van der Waals surface area contributed by atoms with Gasteiger partial charge in [0.2, 0.25) is 0 Å². The van der Waals surface area contributed by atoms with Crippen molar-refractivity contribution in [2.45, 2.75) is 45.2 Å². The van der Waals surface area contributed by atoms with E-state index in [0.717, 1.165) is 31.5 Å². The van der Waals surface area contributed by atoms with Crippen LogP contribution in [-0.4, -0.2) is 35.4 Å². The van der Waals surface area contributed by atoms with E-state index in [1.165, 1.54) is 7.11 Å². The fourth-order valence-corrected chi connectivity index (χ4v) is 2.07. The number of aryl methyl sites for hydroxylation is 2. The molecule has 1 N–H and O–H groups in total. The number of carbonyl (C=O) groups is 1. The van der Waals surface area contributed by atoms with Crippen LogP contribution in [0.2, 0.25) is 5.02 Å². The van der Waals surface area contributed by atoms with E-state index < -0.39 is 5.54 Å². The number of hydrogen-bond donors (Lipinski definition) is 1. The summed E-state index contributed by atoms with van der Waals surface area (Å²) in [6, 6.07) is 0. The number of nitrogens with one attached hydrogen (secondary N) is 1. The molecule has 6 heteroatoms. The highest BCUT2D eigenvalue weighted by atomic mass is 35.5. The number of methoxy groups -OCH3 is 1. The molecule has 1 atom stereocenters. The molecule has 1 aromatic heterocycles. The molecule has 0 bridgehead atoms. The first-order chi connectivity index (χ1) is 8.92. The molecule has 0 aliphatic heterocycles. The zero-order valence-corrected chi connectivity index (χ0v) is 12.8. The zero-order chi connectivity index (χ0) is 14.5. The Morgan fingerprint density at radius 3 is 2.74 bits per heavy atom. The first-order valence-electron chi connectivity index (χ1n) is 6.40. The van der Waals surface area contributed by atoms with Crippen LogP contribution in [0.5, 0.6) is 0 Å². The summed E-state index contributed by atoms with van der Waals surface area (Å²) in [4.78, 5) is 11.7. The lowest BCUT2D eigenvalue weighted by molar-refractivity contribution is -0.148. The van der Waals surface area contributed by atoms with Crippen LogP contribution < -0.4 is 5.32 Å². The van der Waals surface area contributed by atoms with Crippen LogP contribution in [0.1, 0.15) is 31.9 Å². The number of nitrogens with zero attached hydrogens (tertiary/aromatic N) is 2. The van der Waals surface area contributed by atoms with Gasteiger partial charge in [0.1, 0.15) is 5.54 Å². The van der Waals surface area contributed by atoms with Gasteiger partial charge in [-0.2, -0.15) is 5.10 Å². The molecule has 1 heterocycles. The molecule has 19 heavy (non-hydrogen) atoms. The average Bonchev–Trinajstić information content (AvgIpc) is 2.72. The van der Waals surface area contributed by atoms with Crippen LogP contribution in [0.25, 0.3) is 0 Å². The average molecular weight is 288 g/mol. The molecule has 1 unspecified atom stereocenters. The molecule has 0 saturated heterocycles.